The summed E-state index contributed by atoms with van der Waals surface area (Å²) in [5.74, 6) is 1.02. The Balaban J connectivity index is 1.37. The van der Waals surface area contributed by atoms with E-state index < -0.39 is 0 Å². The highest BCUT2D eigenvalue weighted by molar-refractivity contribution is 6.07. The van der Waals surface area contributed by atoms with Gasteiger partial charge in [-0.25, -0.2) is 9.98 Å². The van der Waals surface area contributed by atoms with Gasteiger partial charge >= 0.3 is 0 Å². The Labute approximate surface area is 266 Å². The number of hydrogen-bond donors (Lipinski definition) is 1. The van der Waals surface area contributed by atoms with Gasteiger partial charge in [0.1, 0.15) is 0 Å². The third kappa shape index (κ3) is 5.92. The highest BCUT2D eigenvalue weighted by Gasteiger charge is 2.35. The van der Waals surface area contributed by atoms with Gasteiger partial charge in [-0.05, 0) is 88.6 Å². The van der Waals surface area contributed by atoms with Gasteiger partial charge in [-0.15, -0.1) is 6.58 Å². The molecule has 0 fully saturated rings. The molecule has 1 N–H and O–H groups in total. The van der Waals surface area contributed by atoms with Crippen LogP contribution in [0, 0.1) is 0 Å². The molecule has 1 heterocycles. The molecular formula is C39H38N6. The van der Waals surface area contributed by atoms with Gasteiger partial charge in [0.25, 0.3) is 0 Å². The van der Waals surface area contributed by atoms with Crippen LogP contribution in [0.25, 0.3) is 33.4 Å². The van der Waals surface area contributed by atoms with Gasteiger partial charge in [-0.2, -0.15) is 10.2 Å². The molecular weight excluding hydrogens is 552 g/mol. The summed E-state index contributed by atoms with van der Waals surface area (Å²) in [6, 6.07) is 30.4. The smallest absolute Gasteiger partial charge is 0.178 e. The van der Waals surface area contributed by atoms with Gasteiger partial charge < -0.3 is 5.43 Å². The fraction of sp³-hybridized carbons (Fsp3) is 0.179. The molecule has 2 aliphatic rings. The van der Waals surface area contributed by atoms with E-state index in [2.05, 4.69) is 145 Å². The van der Waals surface area contributed by atoms with Gasteiger partial charge in [0, 0.05) is 23.1 Å². The van der Waals surface area contributed by atoms with Gasteiger partial charge in [-0.3, -0.25) is 5.01 Å². The summed E-state index contributed by atoms with van der Waals surface area (Å²) in [5, 5.41) is 11.3. The first kappa shape index (κ1) is 29.7. The standard InChI is InChI=1S/C39H38N6/c1-6-20-42-43-37(40-4)31-23-30(24-32(25-31)38(41-5)44-45-21-10-7-11-22-45)28-16-14-27(15-17-28)29-18-19-34-33-12-8-9-13-35(33)39(2,3)36(34)26-29/h6-10,12-19,23-26,42H,1,4-5,11,20-22H2,2-3H3/b43-37-,44-38-. The van der Waals surface area contributed by atoms with E-state index in [1.165, 1.54) is 33.4 Å². The Morgan fingerprint density at radius 3 is 2.13 bits per heavy atom. The fourth-order valence-corrected chi connectivity index (χ4v) is 6.20. The summed E-state index contributed by atoms with van der Waals surface area (Å²) >= 11 is 0. The fourth-order valence-electron chi connectivity index (χ4n) is 6.20. The molecule has 4 aromatic carbocycles. The number of fused-ring (bicyclic) bond motifs is 3. The van der Waals surface area contributed by atoms with E-state index >= 15 is 0 Å². The molecule has 0 radical (unpaired) electrons. The van der Waals surface area contributed by atoms with Crippen LogP contribution in [0.15, 0.2) is 130 Å². The van der Waals surface area contributed by atoms with Crippen LogP contribution < -0.4 is 5.43 Å². The predicted octanol–water partition coefficient (Wildman–Crippen LogP) is 8.09. The Morgan fingerprint density at radius 1 is 0.778 bits per heavy atom. The van der Waals surface area contributed by atoms with E-state index in [0.29, 0.717) is 18.2 Å². The zero-order valence-electron chi connectivity index (χ0n) is 26.0. The van der Waals surface area contributed by atoms with E-state index in [0.717, 1.165) is 41.8 Å². The zero-order chi connectivity index (χ0) is 31.4. The number of hydrogen-bond acceptors (Lipinski definition) is 4. The zero-order valence-corrected chi connectivity index (χ0v) is 26.0. The number of amidine groups is 2. The molecule has 0 unspecified atom stereocenters. The van der Waals surface area contributed by atoms with E-state index in [9.17, 15) is 0 Å². The molecule has 6 nitrogen and oxygen atoms in total. The van der Waals surface area contributed by atoms with Crippen molar-refractivity contribution in [1.82, 2.24) is 10.4 Å². The van der Waals surface area contributed by atoms with E-state index in [1.54, 1.807) is 6.08 Å². The van der Waals surface area contributed by atoms with Gasteiger partial charge in [-0.1, -0.05) is 92.7 Å². The molecule has 224 valence electrons. The van der Waals surface area contributed by atoms with Crippen molar-refractivity contribution < 1.29 is 0 Å². The van der Waals surface area contributed by atoms with Crippen molar-refractivity contribution in [2.75, 3.05) is 19.6 Å². The van der Waals surface area contributed by atoms with Crippen molar-refractivity contribution in [2.24, 2.45) is 20.2 Å². The van der Waals surface area contributed by atoms with Crippen LogP contribution >= 0.6 is 0 Å². The van der Waals surface area contributed by atoms with Crippen molar-refractivity contribution in [2.45, 2.75) is 25.7 Å². The van der Waals surface area contributed by atoms with Crippen LogP contribution in [0.1, 0.15) is 42.5 Å². The van der Waals surface area contributed by atoms with Crippen LogP contribution in [0.2, 0.25) is 0 Å². The number of hydrazone groups is 2. The van der Waals surface area contributed by atoms with Crippen LogP contribution in [0.3, 0.4) is 0 Å². The molecule has 6 heteroatoms. The minimum absolute atomic E-state index is 0.0410. The summed E-state index contributed by atoms with van der Waals surface area (Å²) in [7, 11) is 0. The number of rotatable bonds is 8. The first-order chi connectivity index (χ1) is 21.9. The first-order valence-corrected chi connectivity index (χ1v) is 15.3. The Bertz CT molecular complexity index is 1860. The van der Waals surface area contributed by atoms with Gasteiger partial charge in [0.2, 0.25) is 0 Å². The van der Waals surface area contributed by atoms with Crippen molar-refractivity contribution in [3.05, 3.63) is 132 Å². The lowest BCUT2D eigenvalue weighted by atomic mass is 9.81. The summed E-state index contributed by atoms with van der Waals surface area (Å²) in [6.07, 6.45) is 6.99. The lowest BCUT2D eigenvalue weighted by Crippen LogP contribution is -2.23. The molecule has 4 aromatic rings. The van der Waals surface area contributed by atoms with Crippen LogP contribution in [0.4, 0.5) is 0 Å². The number of benzene rings is 4. The summed E-state index contributed by atoms with van der Waals surface area (Å²) in [6.45, 7) is 18.1. The average Bonchev–Trinajstić information content (AvgIpc) is 3.31. The monoisotopic (exact) mass is 590 g/mol. The molecule has 0 amide bonds. The first-order valence-electron chi connectivity index (χ1n) is 15.3. The number of nitrogens with one attached hydrogen (secondary N) is 1. The molecule has 0 aromatic heterocycles. The molecule has 0 bridgehead atoms. The van der Waals surface area contributed by atoms with Gasteiger partial charge in [0.05, 0.1) is 13.1 Å². The minimum atomic E-state index is -0.0410. The lowest BCUT2D eigenvalue weighted by molar-refractivity contribution is 0.315. The Hall–Kier alpha value is -5.36. The summed E-state index contributed by atoms with van der Waals surface area (Å²) in [5.41, 5.74) is 14.4. The number of aliphatic imine (C=N–C) groups is 2. The molecule has 0 spiro atoms. The SMILES string of the molecule is C=CCN/N=C(\N=C)c1cc(/C(N=C)=N/N2CC=CCC2)cc(-c2ccc(-c3ccc4c(c3)C(C)(C)c3ccccc3-4)cc2)c1. The second-order valence-electron chi connectivity index (χ2n) is 11.8. The van der Waals surface area contributed by atoms with E-state index in [1.807, 2.05) is 11.1 Å². The Morgan fingerprint density at radius 2 is 1.44 bits per heavy atom. The second-order valence-corrected chi connectivity index (χ2v) is 11.8. The largest absolute Gasteiger partial charge is 0.304 e. The van der Waals surface area contributed by atoms with Crippen LogP contribution in [0.5, 0.6) is 0 Å². The van der Waals surface area contributed by atoms with Crippen LogP contribution in [-0.4, -0.2) is 49.7 Å². The summed E-state index contributed by atoms with van der Waals surface area (Å²) < 4.78 is 0. The predicted molar refractivity (Wildman–Crippen MR) is 191 cm³/mol. The molecule has 1 aliphatic carbocycles. The van der Waals surface area contributed by atoms with E-state index in [4.69, 9.17) is 5.10 Å². The highest BCUT2D eigenvalue weighted by Crippen LogP contribution is 2.49. The maximum Gasteiger partial charge on any atom is 0.178 e. The molecule has 0 saturated heterocycles. The van der Waals surface area contributed by atoms with Gasteiger partial charge in [0.15, 0.2) is 11.7 Å². The quantitative estimate of drug-likeness (QED) is 0.0741. The molecule has 1 aliphatic heterocycles. The minimum Gasteiger partial charge on any atom is -0.304 e. The molecule has 45 heavy (non-hydrogen) atoms. The lowest BCUT2D eigenvalue weighted by Gasteiger charge is -2.22. The third-order valence-electron chi connectivity index (χ3n) is 8.58. The van der Waals surface area contributed by atoms with Crippen molar-refractivity contribution >= 4 is 25.1 Å². The van der Waals surface area contributed by atoms with Crippen molar-refractivity contribution in [1.29, 1.82) is 0 Å². The van der Waals surface area contributed by atoms with Crippen LogP contribution in [-0.2, 0) is 5.41 Å². The maximum absolute atomic E-state index is 4.82. The maximum atomic E-state index is 4.82. The normalized spacial score (nSPS) is 15.3. The summed E-state index contributed by atoms with van der Waals surface area (Å²) in [4.78, 5) is 8.53. The number of nitrogens with zero attached hydrogens (tertiary/aromatic N) is 5. The molecule has 0 atom stereocenters. The Kier molecular flexibility index (Phi) is 8.39. The third-order valence-corrected chi connectivity index (χ3v) is 8.58. The van der Waals surface area contributed by atoms with E-state index in [-0.39, 0.29) is 5.41 Å². The molecule has 0 saturated carbocycles. The van der Waals surface area contributed by atoms with Crippen molar-refractivity contribution in [3.8, 4) is 33.4 Å². The average molecular weight is 591 g/mol. The second kappa shape index (κ2) is 12.7. The van der Waals surface area contributed by atoms with Crippen molar-refractivity contribution in [3.63, 3.8) is 0 Å². The highest BCUT2D eigenvalue weighted by atomic mass is 15.5. The topological polar surface area (TPSA) is 64.7 Å². The molecule has 6 rings (SSSR count).